The highest BCUT2D eigenvalue weighted by Crippen LogP contribution is 2.13. The molecule has 2 amide bonds. The van der Waals surface area contributed by atoms with Crippen LogP contribution < -0.4 is 20.7 Å². The molecule has 3 N–H and O–H groups in total. The summed E-state index contributed by atoms with van der Waals surface area (Å²) < 4.78 is 5.51. The first kappa shape index (κ1) is 22.4. The summed E-state index contributed by atoms with van der Waals surface area (Å²) in [6.07, 6.45) is 1.77. The minimum absolute atomic E-state index is 0.0956. The molecule has 2 rings (SSSR count). The van der Waals surface area contributed by atoms with Crippen molar-refractivity contribution in [3.8, 4) is 5.75 Å². The molecule has 7 heteroatoms. The molecule has 0 saturated heterocycles. The maximum Gasteiger partial charge on any atom is 0.257 e. The molecule has 29 heavy (non-hydrogen) atoms. The normalized spacial score (nSPS) is 11.3. The number of amides is 2. The Balaban J connectivity index is 1.94. The lowest BCUT2D eigenvalue weighted by atomic mass is 10.1. The number of hydrogen-bond donors (Lipinski definition) is 3. The van der Waals surface area contributed by atoms with Crippen LogP contribution in [-0.4, -0.2) is 29.6 Å². The summed E-state index contributed by atoms with van der Waals surface area (Å²) >= 11 is 5.22. The molecule has 0 aliphatic rings. The fourth-order valence-corrected chi connectivity index (χ4v) is 2.62. The SMILES string of the molecule is CCCOc1ccc(C(=O)NC(=S)Nc2cccc(C(=O)NC(C)CC)c2)cc1. The van der Waals surface area contributed by atoms with Gasteiger partial charge in [0.05, 0.1) is 6.61 Å². The Kier molecular flexibility index (Phi) is 8.61. The first-order valence-corrected chi connectivity index (χ1v) is 10.1. The molecule has 1 unspecified atom stereocenters. The third-order valence-corrected chi connectivity index (χ3v) is 4.39. The molecule has 0 aliphatic heterocycles. The predicted octanol–water partition coefficient (Wildman–Crippen LogP) is 4.13. The van der Waals surface area contributed by atoms with E-state index in [4.69, 9.17) is 17.0 Å². The van der Waals surface area contributed by atoms with Crippen LogP contribution in [0.5, 0.6) is 5.75 Å². The van der Waals surface area contributed by atoms with Crippen LogP contribution in [0.15, 0.2) is 48.5 Å². The highest BCUT2D eigenvalue weighted by Gasteiger charge is 2.11. The first-order valence-electron chi connectivity index (χ1n) is 9.69. The van der Waals surface area contributed by atoms with Gasteiger partial charge in [0, 0.05) is 22.9 Å². The highest BCUT2D eigenvalue weighted by molar-refractivity contribution is 7.80. The molecule has 1 atom stereocenters. The van der Waals surface area contributed by atoms with Crippen molar-refractivity contribution in [3.63, 3.8) is 0 Å². The van der Waals surface area contributed by atoms with Crippen LogP contribution >= 0.6 is 12.2 Å². The number of thiocarbonyl (C=S) groups is 1. The Hall–Kier alpha value is -2.93. The first-order chi connectivity index (χ1) is 13.9. The van der Waals surface area contributed by atoms with E-state index in [2.05, 4.69) is 16.0 Å². The standard InChI is InChI=1S/C22H27N3O3S/c1-4-13-28-19-11-9-16(10-12-19)20(26)25-22(29)24-18-8-6-7-17(14-18)21(27)23-15(3)5-2/h6-12,14-15H,4-5,13H2,1-3H3,(H,23,27)(H2,24,25,26,29). The molecule has 0 aliphatic carbocycles. The molecule has 0 fully saturated rings. The third kappa shape index (κ3) is 7.19. The van der Waals surface area contributed by atoms with Gasteiger partial charge in [-0.25, -0.2) is 0 Å². The summed E-state index contributed by atoms with van der Waals surface area (Å²) in [6, 6.07) is 13.9. The summed E-state index contributed by atoms with van der Waals surface area (Å²) in [4.78, 5) is 24.6. The molecule has 0 spiro atoms. The van der Waals surface area contributed by atoms with Crippen molar-refractivity contribution in [1.82, 2.24) is 10.6 Å². The summed E-state index contributed by atoms with van der Waals surface area (Å²) in [5.74, 6) is 0.245. The van der Waals surface area contributed by atoms with Crippen molar-refractivity contribution in [2.24, 2.45) is 0 Å². The van der Waals surface area contributed by atoms with Gasteiger partial charge in [-0.1, -0.05) is 19.9 Å². The largest absolute Gasteiger partial charge is 0.494 e. The topological polar surface area (TPSA) is 79.5 Å². The van der Waals surface area contributed by atoms with E-state index in [-0.39, 0.29) is 23.0 Å². The second-order valence-electron chi connectivity index (χ2n) is 6.64. The van der Waals surface area contributed by atoms with E-state index >= 15 is 0 Å². The van der Waals surface area contributed by atoms with Crippen LogP contribution in [0, 0.1) is 0 Å². The Bertz CT molecular complexity index is 853. The average molecular weight is 414 g/mol. The molecule has 2 aromatic rings. The van der Waals surface area contributed by atoms with Gasteiger partial charge < -0.3 is 15.4 Å². The lowest BCUT2D eigenvalue weighted by Crippen LogP contribution is -2.34. The minimum Gasteiger partial charge on any atom is -0.494 e. The van der Waals surface area contributed by atoms with E-state index < -0.39 is 0 Å². The van der Waals surface area contributed by atoms with Crippen LogP contribution in [0.25, 0.3) is 0 Å². The number of benzene rings is 2. The van der Waals surface area contributed by atoms with E-state index in [0.29, 0.717) is 23.4 Å². The molecule has 0 saturated carbocycles. The van der Waals surface area contributed by atoms with Crippen LogP contribution in [-0.2, 0) is 0 Å². The second kappa shape index (κ2) is 11.2. The average Bonchev–Trinajstić information content (AvgIpc) is 2.72. The predicted molar refractivity (Wildman–Crippen MR) is 120 cm³/mol. The number of rotatable bonds is 8. The van der Waals surface area contributed by atoms with E-state index in [1.54, 1.807) is 48.5 Å². The lowest BCUT2D eigenvalue weighted by molar-refractivity contribution is 0.0937. The Labute approximate surface area is 177 Å². The number of anilines is 1. The molecule has 0 heterocycles. The van der Waals surface area contributed by atoms with Crippen molar-refractivity contribution >= 4 is 34.8 Å². The van der Waals surface area contributed by atoms with Gasteiger partial charge in [0.1, 0.15) is 5.75 Å². The maximum absolute atomic E-state index is 12.4. The van der Waals surface area contributed by atoms with E-state index in [1.165, 1.54) is 0 Å². The van der Waals surface area contributed by atoms with Gasteiger partial charge in [-0.3, -0.25) is 14.9 Å². The van der Waals surface area contributed by atoms with E-state index in [1.807, 2.05) is 20.8 Å². The summed E-state index contributed by atoms with van der Waals surface area (Å²) in [5, 5.41) is 8.65. The maximum atomic E-state index is 12.4. The number of nitrogens with one attached hydrogen (secondary N) is 3. The Morgan fingerprint density at radius 1 is 1.03 bits per heavy atom. The molecular formula is C22H27N3O3S. The van der Waals surface area contributed by atoms with Gasteiger partial charge in [0.2, 0.25) is 0 Å². The molecule has 0 bridgehead atoms. The van der Waals surface area contributed by atoms with Crippen molar-refractivity contribution in [2.45, 2.75) is 39.7 Å². The van der Waals surface area contributed by atoms with Crippen LogP contribution in [0.1, 0.15) is 54.3 Å². The highest BCUT2D eigenvalue weighted by atomic mass is 32.1. The quantitative estimate of drug-likeness (QED) is 0.567. The summed E-state index contributed by atoms with van der Waals surface area (Å²) in [6.45, 7) is 6.63. The van der Waals surface area contributed by atoms with Gasteiger partial charge in [-0.15, -0.1) is 0 Å². The second-order valence-corrected chi connectivity index (χ2v) is 7.05. The lowest BCUT2D eigenvalue weighted by Gasteiger charge is -2.13. The fraction of sp³-hybridized carbons (Fsp3) is 0.318. The van der Waals surface area contributed by atoms with Crippen LogP contribution in [0.4, 0.5) is 5.69 Å². The summed E-state index contributed by atoms with van der Waals surface area (Å²) in [5.41, 5.74) is 1.61. The van der Waals surface area contributed by atoms with Gasteiger partial charge in [0.15, 0.2) is 5.11 Å². The van der Waals surface area contributed by atoms with Crippen molar-refractivity contribution < 1.29 is 14.3 Å². The molecule has 6 nitrogen and oxygen atoms in total. The zero-order chi connectivity index (χ0) is 21.2. The fourth-order valence-electron chi connectivity index (χ4n) is 2.41. The number of carbonyl (C=O) groups excluding carboxylic acids is 2. The third-order valence-electron chi connectivity index (χ3n) is 4.19. The minimum atomic E-state index is -0.324. The smallest absolute Gasteiger partial charge is 0.257 e. The van der Waals surface area contributed by atoms with Gasteiger partial charge in [-0.05, 0) is 74.4 Å². The van der Waals surface area contributed by atoms with Crippen molar-refractivity contribution in [3.05, 3.63) is 59.7 Å². The monoisotopic (exact) mass is 413 g/mol. The molecule has 154 valence electrons. The molecule has 0 aromatic heterocycles. The summed E-state index contributed by atoms with van der Waals surface area (Å²) in [7, 11) is 0. The van der Waals surface area contributed by atoms with Gasteiger partial charge in [-0.2, -0.15) is 0 Å². The Morgan fingerprint density at radius 2 is 1.76 bits per heavy atom. The van der Waals surface area contributed by atoms with Crippen molar-refractivity contribution in [2.75, 3.05) is 11.9 Å². The van der Waals surface area contributed by atoms with Crippen LogP contribution in [0.3, 0.4) is 0 Å². The van der Waals surface area contributed by atoms with Crippen LogP contribution in [0.2, 0.25) is 0 Å². The van der Waals surface area contributed by atoms with Gasteiger partial charge in [0.25, 0.3) is 11.8 Å². The van der Waals surface area contributed by atoms with E-state index in [9.17, 15) is 9.59 Å². The zero-order valence-electron chi connectivity index (χ0n) is 17.0. The molecular weight excluding hydrogens is 386 g/mol. The number of carbonyl (C=O) groups is 2. The molecule has 0 radical (unpaired) electrons. The van der Waals surface area contributed by atoms with Crippen molar-refractivity contribution in [1.29, 1.82) is 0 Å². The number of hydrogen-bond acceptors (Lipinski definition) is 4. The van der Waals surface area contributed by atoms with E-state index in [0.717, 1.165) is 18.6 Å². The Morgan fingerprint density at radius 3 is 2.41 bits per heavy atom. The number of ether oxygens (including phenoxy) is 1. The zero-order valence-corrected chi connectivity index (χ0v) is 17.8. The molecule has 2 aromatic carbocycles. The van der Waals surface area contributed by atoms with Gasteiger partial charge >= 0.3 is 0 Å².